The number of nitrogens with zero attached hydrogens (tertiary/aromatic N) is 4. The van der Waals surface area contributed by atoms with Gasteiger partial charge in [0.2, 0.25) is 29.4 Å². The number of ether oxygens (including phenoxy) is 2. The van der Waals surface area contributed by atoms with E-state index in [1.54, 1.807) is 41.3 Å². The highest BCUT2D eigenvalue weighted by molar-refractivity contribution is 7.22. The van der Waals surface area contributed by atoms with E-state index in [4.69, 9.17) is 26.2 Å². The molecule has 2 aliphatic carbocycles. The molecule has 5 heterocycles. The first-order valence-electron chi connectivity index (χ1n) is 18.7. The zero-order chi connectivity index (χ0) is 40.1. The SMILES string of the molecule is COc1cc(C=CC2C3=CCC4C(=O)N(Cc5cccs5)C(=O)C4C3CC3C(=O)N(c4cc(-c5sc6ccc(Cl)cc6c5C)nn4C)C(=O)C23C)cc(OC)c1O. The van der Waals surface area contributed by atoms with Crippen molar-refractivity contribution in [3.63, 3.8) is 0 Å². The van der Waals surface area contributed by atoms with Crippen molar-refractivity contribution < 1.29 is 33.8 Å². The first-order valence-corrected chi connectivity index (χ1v) is 20.7. The van der Waals surface area contributed by atoms with Gasteiger partial charge in [-0.15, -0.1) is 22.7 Å². The number of hydrogen-bond donors (Lipinski definition) is 1. The van der Waals surface area contributed by atoms with Crippen LogP contribution in [-0.2, 0) is 32.8 Å². The third-order valence-electron chi connectivity index (χ3n) is 12.5. The number of halogens is 1. The van der Waals surface area contributed by atoms with Gasteiger partial charge in [-0.25, -0.2) is 4.90 Å². The summed E-state index contributed by atoms with van der Waals surface area (Å²) in [4.78, 5) is 62.7. The summed E-state index contributed by atoms with van der Waals surface area (Å²) in [6.07, 6.45) is 6.36. The zero-order valence-electron chi connectivity index (χ0n) is 31.8. The largest absolute Gasteiger partial charge is 0.502 e. The lowest BCUT2D eigenvalue weighted by atomic mass is 9.52. The van der Waals surface area contributed by atoms with Crippen LogP contribution in [0.25, 0.3) is 26.7 Å². The maximum atomic E-state index is 15.1. The van der Waals surface area contributed by atoms with Crippen LogP contribution in [0, 0.1) is 41.9 Å². The van der Waals surface area contributed by atoms with Crippen LogP contribution < -0.4 is 14.4 Å². The molecule has 0 spiro atoms. The number of fused-ring (bicyclic) bond motifs is 5. The first kappa shape index (κ1) is 37.3. The molecule has 6 atom stereocenters. The lowest BCUT2D eigenvalue weighted by molar-refractivity contribution is -0.141. The number of phenolic OH excluding ortho intramolecular Hbond substituents is 1. The second kappa shape index (κ2) is 13.7. The summed E-state index contributed by atoms with van der Waals surface area (Å²) in [6, 6.07) is 14.7. The molecule has 11 nitrogen and oxygen atoms in total. The van der Waals surface area contributed by atoms with Gasteiger partial charge in [-0.2, -0.15) is 5.10 Å². The zero-order valence-corrected chi connectivity index (χ0v) is 34.2. The Bertz CT molecular complexity index is 2570. The Balaban J connectivity index is 1.13. The van der Waals surface area contributed by atoms with Gasteiger partial charge in [-0.05, 0) is 90.9 Å². The Morgan fingerprint density at radius 2 is 1.77 bits per heavy atom. The predicted molar refractivity (Wildman–Crippen MR) is 219 cm³/mol. The number of carbonyl (C=O) groups excluding carboxylic acids is 4. The summed E-state index contributed by atoms with van der Waals surface area (Å²) in [5, 5.41) is 19.0. The van der Waals surface area contributed by atoms with Crippen molar-refractivity contribution >= 4 is 79.9 Å². The number of aromatic nitrogens is 2. The number of phenols is 1. The number of benzene rings is 2. The molecule has 2 saturated heterocycles. The monoisotopic (exact) mass is 822 g/mol. The second-order valence-electron chi connectivity index (χ2n) is 15.4. The number of anilines is 1. The number of aryl methyl sites for hydroxylation is 2. The van der Waals surface area contributed by atoms with Gasteiger partial charge in [0.15, 0.2) is 11.5 Å². The number of hydrogen-bond acceptors (Lipinski definition) is 10. The van der Waals surface area contributed by atoms with Crippen LogP contribution in [0.4, 0.5) is 5.82 Å². The number of amides is 4. The summed E-state index contributed by atoms with van der Waals surface area (Å²) in [6.45, 7) is 4.06. The van der Waals surface area contributed by atoms with Gasteiger partial charge in [0.05, 0.1) is 48.8 Å². The third-order valence-corrected chi connectivity index (χ3v) is 14.9. The van der Waals surface area contributed by atoms with E-state index >= 15 is 4.79 Å². The molecule has 1 saturated carbocycles. The average molecular weight is 823 g/mol. The number of aromatic hydroxyl groups is 1. The highest BCUT2D eigenvalue weighted by atomic mass is 35.5. The van der Waals surface area contributed by atoms with Crippen LogP contribution in [0.15, 0.2) is 71.6 Å². The molecule has 9 rings (SSSR count). The Labute approximate surface area is 341 Å². The van der Waals surface area contributed by atoms with E-state index in [1.807, 2.05) is 67.8 Å². The molecule has 4 amide bonds. The molecular formula is C43H39ClN4O7S2. The van der Waals surface area contributed by atoms with Crippen LogP contribution in [0.3, 0.4) is 0 Å². The molecular weight excluding hydrogens is 784 g/mol. The van der Waals surface area contributed by atoms with Crippen LogP contribution in [0.2, 0.25) is 5.02 Å². The van der Waals surface area contributed by atoms with Gasteiger partial charge in [-0.1, -0.05) is 41.5 Å². The molecule has 3 aromatic heterocycles. The molecule has 0 radical (unpaired) electrons. The molecule has 292 valence electrons. The molecule has 57 heavy (non-hydrogen) atoms. The lowest BCUT2D eigenvalue weighted by Gasteiger charge is -2.47. The van der Waals surface area contributed by atoms with E-state index in [0.717, 1.165) is 31.0 Å². The van der Waals surface area contributed by atoms with Gasteiger partial charge in [0, 0.05) is 33.6 Å². The van der Waals surface area contributed by atoms with Crippen LogP contribution >= 0.6 is 34.3 Å². The molecule has 2 aromatic carbocycles. The van der Waals surface area contributed by atoms with Crippen molar-refractivity contribution in [2.75, 3.05) is 19.1 Å². The van der Waals surface area contributed by atoms with E-state index in [0.29, 0.717) is 28.5 Å². The summed E-state index contributed by atoms with van der Waals surface area (Å²) in [5.41, 5.74) is 1.90. The second-order valence-corrected chi connectivity index (χ2v) is 17.9. The van der Waals surface area contributed by atoms with E-state index in [9.17, 15) is 19.5 Å². The van der Waals surface area contributed by atoms with Crippen LogP contribution in [0.5, 0.6) is 17.2 Å². The minimum atomic E-state index is -1.25. The van der Waals surface area contributed by atoms with Gasteiger partial charge < -0.3 is 14.6 Å². The van der Waals surface area contributed by atoms with E-state index in [2.05, 4.69) is 0 Å². The molecule has 3 fully saturated rings. The van der Waals surface area contributed by atoms with E-state index in [-0.39, 0.29) is 53.8 Å². The van der Waals surface area contributed by atoms with Crippen LogP contribution in [-0.4, -0.2) is 57.6 Å². The third kappa shape index (κ3) is 5.60. The Morgan fingerprint density at radius 1 is 1.02 bits per heavy atom. The summed E-state index contributed by atoms with van der Waals surface area (Å²) in [5.74, 6) is -3.61. The number of methoxy groups -OCH3 is 2. The fraction of sp³-hybridized carbons (Fsp3) is 0.326. The number of thiophene rings is 2. The summed E-state index contributed by atoms with van der Waals surface area (Å²) in [7, 11) is 4.62. The number of likely N-dealkylation sites (tertiary alicyclic amines) is 1. The first-order chi connectivity index (χ1) is 27.3. The van der Waals surface area contributed by atoms with Crippen molar-refractivity contribution in [1.29, 1.82) is 0 Å². The average Bonchev–Trinajstić information content (AvgIpc) is 4.01. The minimum absolute atomic E-state index is 0.142. The van der Waals surface area contributed by atoms with Gasteiger partial charge in [-0.3, -0.25) is 28.8 Å². The highest BCUT2D eigenvalue weighted by Crippen LogP contribution is 2.61. The Kier molecular flexibility index (Phi) is 8.98. The van der Waals surface area contributed by atoms with Gasteiger partial charge >= 0.3 is 0 Å². The number of allylic oxidation sites excluding steroid dienone is 3. The number of carbonyl (C=O) groups is 4. The molecule has 4 aliphatic rings. The summed E-state index contributed by atoms with van der Waals surface area (Å²) >= 11 is 9.39. The molecule has 0 bridgehead atoms. The van der Waals surface area contributed by atoms with Crippen LogP contribution in [0.1, 0.15) is 35.8 Å². The van der Waals surface area contributed by atoms with E-state index in [1.165, 1.54) is 35.4 Å². The van der Waals surface area contributed by atoms with Gasteiger partial charge in [0.1, 0.15) is 11.5 Å². The molecule has 14 heteroatoms. The van der Waals surface area contributed by atoms with Gasteiger partial charge in [0.25, 0.3) is 0 Å². The number of rotatable bonds is 8. The summed E-state index contributed by atoms with van der Waals surface area (Å²) < 4.78 is 13.5. The lowest BCUT2D eigenvalue weighted by Crippen LogP contribution is -2.49. The van der Waals surface area contributed by atoms with Crippen molar-refractivity contribution in [2.24, 2.45) is 42.1 Å². The van der Waals surface area contributed by atoms with E-state index < -0.39 is 35.0 Å². The molecule has 5 aromatic rings. The Hall–Kier alpha value is -5.24. The topological polar surface area (TPSA) is 131 Å². The quantitative estimate of drug-likeness (QED) is 0.123. The fourth-order valence-corrected chi connectivity index (χ4v) is 11.7. The standard InChI is InChI=1S/C43H39ClN4O7S2/c1-21-27-17-23(44)9-13-34(27)57-38(21)31-19-35(46(3)45-31)48-40(51)30-18-28-25(10-11-26-36(28)41(52)47(39(26)50)20-24-7-6-14-56-24)29(43(30,2)42(48)53)12-8-22-15-32(54-4)37(49)33(16-22)55-5/h6-10,12-17,19,26,28-30,36,49H,11,18,20H2,1-5H3. The van der Waals surface area contributed by atoms with Crippen molar-refractivity contribution in [3.05, 3.63) is 92.7 Å². The smallest absolute Gasteiger partial charge is 0.242 e. The van der Waals surface area contributed by atoms with Crippen molar-refractivity contribution in [1.82, 2.24) is 14.7 Å². The maximum absolute atomic E-state index is 15.1. The predicted octanol–water partition coefficient (Wildman–Crippen LogP) is 8.02. The van der Waals surface area contributed by atoms with Crippen molar-refractivity contribution in [3.8, 4) is 27.8 Å². The Morgan fingerprint density at radius 3 is 2.47 bits per heavy atom. The molecule has 1 N–H and O–H groups in total. The molecule has 6 unspecified atom stereocenters. The number of imide groups is 2. The molecule has 2 aliphatic heterocycles. The highest BCUT2D eigenvalue weighted by Gasteiger charge is 2.67. The minimum Gasteiger partial charge on any atom is -0.502 e. The van der Waals surface area contributed by atoms with Crippen molar-refractivity contribution in [2.45, 2.75) is 33.2 Å². The fourth-order valence-electron chi connectivity index (χ4n) is 9.65. The normalized spacial score (nSPS) is 25.7. The maximum Gasteiger partial charge on any atom is 0.242 e.